The Morgan fingerprint density at radius 2 is 1.42 bits per heavy atom. The maximum absolute atomic E-state index is 7.21. The first kappa shape index (κ1) is 28.2. The molecule has 0 N–H and O–H groups in total. The first-order valence-corrected chi connectivity index (χ1v) is 16.2. The van der Waals surface area contributed by atoms with Crippen molar-refractivity contribution < 1.29 is 4.58 Å². The Balaban J connectivity index is 1.17. The number of rotatable bonds is 4. The van der Waals surface area contributed by atoms with Crippen LogP contribution in [0.2, 0.25) is 0 Å². The van der Waals surface area contributed by atoms with E-state index in [4.69, 9.17) is 11.6 Å². The highest BCUT2D eigenvalue weighted by atomic mass is 35.5. The lowest BCUT2D eigenvalue weighted by molar-refractivity contribution is -0.403. The molecule has 0 atom stereocenters. The predicted molar refractivity (Wildman–Crippen MR) is 185 cm³/mol. The normalized spacial score (nSPS) is 21.0. The van der Waals surface area contributed by atoms with Gasteiger partial charge in [0.2, 0.25) is 5.69 Å². The zero-order valence-electron chi connectivity index (χ0n) is 26.4. The molecule has 1 aliphatic carbocycles. The van der Waals surface area contributed by atoms with Gasteiger partial charge in [0.25, 0.3) is 0 Å². The van der Waals surface area contributed by atoms with Crippen LogP contribution in [0.15, 0.2) is 107 Å². The van der Waals surface area contributed by atoms with Gasteiger partial charge in [-0.25, -0.2) is 4.58 Å². The lowest BCUT2D eigenvalue weighted by atomic mass is 9.77. The van der Waals surface area contributed by atoms with Gasteiger partial charge in [-0.15, -0.1) is 0 Å². The largest absolute Gasteiger partial charge is 0.347 e. The molecule has 0 saturated heterocycles. The summed E-state index contributed by atoms with van der Waals surface area (Å²) >= 11 is 7.21. The van der Waals surface area contributed by atoms with Crippen molar-refractivity contribution in [3.8, 4) is 0 Å². The summed E-state index contributed by atoms with van der Waals surface area (Å²) in [5, 5.41) is 6.33. The van der Waals surface area contributed by atoms with Crippen molar-refractivity contribution in [3.05, 3.63) is 118 Å². The van der Waals surface area contributed by atoms with Gasteiger partial charge in [-0.05, 0) is 90.4 Å². The van der Waals surface area contributed by atoms with Crippen molar-refractivity contribution in [1.29, 1.82) is 0 Å². The van der Waals surface area contributed by atoms with Gasteiger partial charge in [0.15, 0.2) is 5.71 Å². The van der Waals surface area contributed by atoms with E-state index in [9.17, 15) is 0 Å². The van der Waals surface area contributed by atoms with Gasteiger partial charge in [0.1, 0.15) is 7.05 Å². The fourth-order valence-corrected chi connectivity index (χ4v) is 8.70. The van der Waals surface area contributed by atoms with Crippen LogP contribution in [0.5, 0.6) is 0 Å². The number of fused-ring (bicyclic) bond motifs is 6. The molecule has 3 heteroatoms. The summed E-state index contributed by atoms with van der Waals surface area (Å²) < 4.78 is 2.44. The molecule has 2 heterocycles. The summed E-state index contributed by atoms with van der Waals surface area (Å²) in [6.07, 6.45) is 9.94. The second-order valence-electron chi connectivity index (χ2n) is 13.7. The van der Waals surface area contributed by atoms with Crippen LogP contribution < -0.4 is 4.90 Å². The predicted octanol–water partition coefficient (Wildman–Crippen LogP) is 10.7. The number of allylic oxidation sites excluding steroid dienone is 6. The number of hydrogen-bond acceptors (Lipinski definition) is 1. The molecule has 0 saturated carbocycles. The molecule has 2 aliphatic heterocycles. The number of halogens is 1. The molecule has 0 fully saturated rings. The molecular formula is C40H42ClN2+. The summed E-state index contributed by atoms with van der Waals surface area (Å²) in [4.78, 5) is 2.37. The molecule has 3 aliphatic rings. The summed E-state index contributed by atoms with van der Waals surface area (Å²) in [5.41, 5.74) is 10.9. The van der Waals surface area contributed by atoms with Crippen LogP contribution in [0.4, 0.5) is 11.4 Å². The average molecular weight is 586 g/mol. The third-order valence-corrected chi connectivity index (χ3v) is 11.0. The maximum Gasteiger partial charge on any atom is 0.209 e. The van der Waals surface area contributed by atoms with Crippen molar-refractivity contribution in [2.45, 2.75) is 70.6 Å². The zero-order valence-corrected chi connectivity index (χ0v) is 27.1. The van der Waals surface area contributed by atoms with E-state index in [-0.39, 0.29) is 10.8 Å². The molecule has 7 rings (SSSR count). The second-order valence-corrected chi connectivity index (χ2v) is 14.1. The summed E-state index contributed by atoms with van der Waals surface area (Å²) in [6.45, 7) is 9.50. The van der Waals surface area contributed by atoms with E-state index in [1.54, 1.807) is 0 Å². The number of nitrogens with zero attached hydrogens (tertiary/aromatic N) is 2. The Bertz CT molecular complexity index is 1930. The molecule has 4 aromatic rings. The lowest BCUT2D eigenvalue weighted by Crippen LogP contribution is -2.28. The summed E-state index contributed by atoms with van der Waals surface area (Å²) in [7, 11) is 4.45. The molecule has 0 amide bonds. The molecule has 0 spiro atoms. The Hall–Kier alpha value is -3.62. The van der Waals surface area contributed by atoms with Gasteiger partial charge >= 0.3 is 0 Å². The van der Waals surface area contributed by atoms with Gasteiger partial charge in [-0.3, -0.25) is 0 Å². The highest BCUT2D eigenvalue weighted by molar-refractivity contribution is 6.32. The van der Waals surface area contributed by atoms with Crippen molar-refractivity contribution >= 4 is 50.2 Å². The van der Waals surface area contributed by atoms with E-state index in [0.717, 1.165) is 37.1 Å². The van der Waals surface area contributed by atoms with Crippen LogP contribution in [0.3, 0.4) is 0 Å². The lowest BCUT2D eigenvalue weighted by Gasteiger charge is -2.25. The van der Waals surface area contributed by atoms with Gasteiger partial charge in [0.05, 0.1) is 5.41 Å². The Labute approximate surface area is 261 Å². The molecule has 0 aromatic heterocycles. The standard InChI is InChI=1S/C40H42ClN2/c1-39(2)34(42(5)32-22-18-26-12-7-9-16-30(26)36(32)39)24-20-28-14-11-15-29(38(28)41)21-25-35-40(3,4)37-31-17-10-8-13-27(31)19-23-33(37)43(35)6/h7-10,12-13,16-20,22-24H,11,14-15,21,25H2,1-6H3/q+1/b28-20-,34-24+. The van der Waals surface area contributed by atoms with Crippen LogP contribution in [0.1, 0.15) is 70.9 Å². The van der Waals surface area contributed by atoms with E-state index in [2.05, 4.69) is 136 Å². The smallest absolute Gasteiger partial charge is 0.209 e. The van der Waals surface area contributed by atoms with E-state index in [1.165, 1.54) is 66.6 Å². The minimum absolute atomic E-state index is 0.0203. The molecule has 4 aromatic carbocycles. The third kappa shape index (κ3) is 4.32. The van der Waals surface area contributed by atoms with E-state index in [1.807, 2.05) is 0 Å². The molecular weight excluding hydrogens is 544 g/mol. The number of anilines is 1. The van der Waals surface area contributed by atoms with E-state index >= 15 is 0 Å². The maximum atomic E-state index is 7.21. The molecule has 218 valence electrons. The van der Waals surface area contributed by atoms with Gasteiger partial charge in [-0.2, -0.15) is 0 Å². The van der Waals surface area contributed by atoms with Gasteiger partial charge in [0, 0.05) is 46.9 Å². The van der Waals surface area contributed by atoms with Crippen molar-refractivity contribution in [2.24, 2.45) is 0 Å². The van der Waals surface area contributed by atoms with Crippen molar-refractivity contribution in [1.82, 2.24) is 0 Å². The van der Waals surface area contributed by atoms with E-state index < -0.39 is 0 Å². The SMILES string of the molecule is CN1/C(=C/C=C2/CCCC(CCC3=[N+](C)c4ccc5ccccc5c4C3(C)C)=C2Cl)C(C)(C)c2c1ccc1ccccc21. The number of hydrogen-bond donors (Lipinski definition) is 0. The minimum atomic E-state index is -0.0931. The molecule has 0 bridgehead atoms. The van der Waals surface area contributed by atoms with Crippen LogP contribution in [0, 0.1) is 0 Å². The van der Waals surface area contributed by atoms with Crippen LogP contribution >= 0.6 is 11.6 Å². The zero-order chi connectivity index (χ0) is 30.1. The van der Waals surface area contributed by atoms with Gasteiger partial charge < -0.3 is 4.90 Å². The summed E-state index contributed by atoms with van der Waals surface area (Å²) in [5.74, 6) is 0. The van der Waals surface area contributed by atoms with Crippen LogP contribution in [0.25, 0.3) is 21.5 Å². The fraction of sp³-hybridized carbons (Fsp3) is 0.325. The Morgan fingerprint density at radius 3 is 2.14 bits per heavy atom. The molecule has 43 heavy (non-hydrogen) atoms. The monoisotopic (exact) mass is 585 g/mol. The fourth-order valence-electron chi connectivity index (χ4n) is 8.36. The molecule has 0 unspecified atom stereocenters. The van der Waals surface area contributed by atoms with E-state index in [0.29, 0.717) is 0 Å². The number of likely N-dealkylation sites (N-methyl/N-ethyl adjacent to an activating group) is 1. The van der Waals surface area contributed by atoms with Crippen LogP contribution in [-0.2, 0) is 10.8 Å². The highest BCUT2D eigenvalue weighted by Gasteiger charge is 2.45. The molecule has 2 nitrogen and oxygen atoms in total. The number of benzene rings is 4. The van der Waals surface area contributed by atoms with Gasteiger partial charge in [-0.1, -0.05) is 91.7 Å². The topological polar surface area (TPSA) is 6.25 Å². The first-order valence-electron chi connectivity index (χ1n) is 15.8. The van der Waals surface area contributed by atoms with Crippen molar-refractivity contribution in [3.63, 3.8) is 0 Å². The average Bonchev–Trinajstić information content (AvgIpc) is 3.33. The second kappa shape index (κ2) is 10.2. The van der Waals surface area contributed by atoms with Crippen LogP contribution in [-0.4, -0.2) is 24.4 Å². The minimum Gasteiger partial charge on any atom is -0.347 e. The third-order valence-electron chi connectivity index (χ3n) is 10.5. The Morgan fingerprint density at radius 1 is 0.767 bits per heavy atom. The quantitative estimate of drug-likeness (QED) is 0.216. The first-order chi connectivity index (χ1) is 20.6. The van der Waals surface area contributed by atoms with Crippen molar-refractivity contribution in [2.75, 3.05) is 19.0 Å². The molecule has 0 radical (unpaired) electrons. The summed E-state index contributed by atoms with van der Waals surface area (Å²) in [6, 6.07) is 26.7. The highest BCUT2D eigenvalue weighted by Crippen LogP contribution is 2.50. The Kier molecular flexibility index (Phi) is 6.71.